The van der Waals surface area contributed by atoms with E-state index in [2.05, 4.69) is 55.6 Å². The molecule has 1 aromatic carbocycles. The maximum atomic E-state index is 4.40. The Labute approximate surface area is 90.6 Å². The molecule has 0 aliphatic heterocycles. The van der Waals surface area contributed by atoms with Gasteiger partial charge in [-0.05, 0) is 11.5 Å². The van der Waals surface area contributed by atoms with Gasteiger partial charge in [-0.15, -0.1) is 0 Å². The van der Waals surface area contributed by atoms with Crippen LogP contribution in [-0.2, 0) is 12.5 Å². The van der Waals surface area contributed by atoms with Crippen LogP contribution in [0.15, 0.2) is 30.6 Å². The Morgan fingerprint density at radius 3 is 2.60 bits per heavy atom. The first-order valence-electron chi connectivity index (χ1n) is 5.24. The van der Waals surface area contributed by atoms with Crippen molar-refractivity contribution in [2.24, 2.45) is 7.05 Å². The number of fused-ring (bicyclic) bond motifs is 1. The lowest BCUT2D eigenvalue weighted by molar-refractivity contribution is -0.645. The maximum Gasteiger partial charge on any atom is 0.234 e. The van der Waals surface area contributed by atoms with Gasteiger partial charge in [0.15, 0.2) is 6.20 Å². The molecule has 0 bridgehead atoms. The van der Waals surface area contributed by atoms with Crippen LogP contribution >= 0.6 is 0 Å². The number of hydrogen-bond acceptors (Lipinski definition) is 1. The molecule has 0 unspecified atom stereocenters. The van der Waals surface area contributed by atoms with Gasteiger partial charge < -0.3 is 0 Å². The van der Waals surface area contributed by atoms with E-state index in [1.165, 1.54) is 11.1 Å². The standard InChI is InChI=1S/C13H17N2/c1-13(2,3)10-6-5-7-11-12(10)15(4)9-8-14-11/h5-9H,1-4H3/q+1. The maximum absolute atomic E-state index is 4.40. The summed E-state index contributed by atoms with van der Waals surface area (Å²) in [7, 11) is 2.07. The molecule has 0 aliphatic carbocycles. The Bertz CT molecular complexity index is 490. The van der Waals surface area contributed by atoms with Crippen LogP contribution in [0.3, 0.4) is 0 Å². The van der Waals surface area contributed by atoms with Crippen molar-refractivity contribution in [3.63, 3.8) is 0 Å². The van der Waals surface area contributed by atoms with Crippen LogP contribution in [0, 0.1) is 0 Å². The SMILES string of the molecule is C[n+]1ccnc2cccc(C(C)(C)C)c21. The van der Waals surface area contributed by atoms with Gasteiger partial charge in [0, 0.05) is 5.56 Å². The minimum atomic E-state index is 0.153. The Balaban J connectivity index is 2.86. The summed E-state index contributed by atoms with van der Waals surface area (Å²) in [4.78, 5) is 4.40. The molecule has 0 fully saturated rings. The average Bonchev–Trinajstić information content (AvgIpc) is 2.16. The van der Waals surface area contributed by atoms with Gasteiger partial charge in [-0.1, -0.05) is 32.9 Å². The van der Waals surface area contributed by atoms with Crippen LogP contribution < -0.4 is 4.57 Å². The molecular weight excluding hydrogens is 184 g/mol. The Kier molecular flexibility index (Phi) is 2.22. The van der Waals surface area contributed by atoms with Crippen molar-refractivity contribution >= 4 is 11.0 Å². The van der Waals surface area contributed by atoms with Gasteiger partial charge in [0.25, 0.3) is 0 Å². The highest BCUT2D eigenvalue weighted by Crippen LogP contribution is 2.26. The van der Waals surface area contributed by atoms with Crippen LogP contribution in [0.1, 0.15) is 26.3 Å². The zero-order valence-corrected chi connectivity index (χ0v) is 9.78. The third kappa shape index (κ3) is 1.72. The van der Waals surface area contributed by atoms with Crippen molar-refractivity contribution in [2.45, 2.75) is 26.2 Å². The molecule has 0 radical (unpaired) electrons. The highest BCUT2D eigenvalue weighted by Gasteiger charge is 2.22. The summed E-state index contributed by atoms with van der Waals surface area (Å²) in [5, 5.41) is 0. The van der Waals surface area contributed by atoms with E-state index in [1.54, 1.807) is 0 Å². The number of nitrogens with zero attached hydrogens (tertiary/aromatic N) is 2. The minimum absolute atomic E-state index is 0.153. The summed E-state index contributed by atoms with van der Waals surface area (Å²) < 4.78 is 2.14. The van der Waals surface area contributed by atoms with Gasteiger partial charge >= 0.3 is 0 Å². The van der Waals surface area contributed by atoms with E-state index in [9.17, 15) is 0 Å². The van der Waals surface area contributed by atoms with Crippen LogP contribution in [0.25, 0.3) is 11.0 Å². The quantitative estimate of drug-likeness (QED) is 0.598. The summed E-state index contributed by atoms with van der Waals surface area (Å²) in [5.41, 5.74) is 3.79. The van der Waals surface area contributed by atoms with E-state index in [4.69, 9.17) is 0 Å². The zero-order chi connectivity index (χ0) is 11.1. The smallest absolute Gasteiger partial charge is 0.234 e. The first-order chi connectivity index (χ1) is 7.00. The van der Waals surface area contributed by atoms with Gasteiger partial charge in [0.1, 0.15) is 12.6 Å². The molecule has 0 amide bonds. The van der Waals surface area contributed by atoms with Gasteiger partial charge in [-0.25, -0.2) is 4.98 Å². The first-order valence-corrected chi connectivity index (χ1v) is 5.24. The number of benzene rings is 1. The fourth-order valence-corrected chi connectivity index (χ4v) is 1.90. The molecule has 78 valence electrons. The van der Waals surface area contributed by atoms with Crippen molar-refractivity contribution in [1.29, 1.82) is 0 Å². The van der Waals surface area contributed by atoms with Crippen molar-refractivity contribution in [3.8, 4) is 0 Å². The summed E-state index contributed by atoms with van der Waals surface area (Å²) >= 11 is 0. The van der Waals surface area contributed by atoms with Crippen molar-refractivity contribution in [1.82, 2.24) is 4.98 Å². The number of rotatable bonds is 0. The number of aromatic nitrogens is 2. The fraction of sp³-hybridized carbons (Fsp3) is 0.385. The van der Waals surface area contributed by atoms with Crippen LogP contribution in [-0.4, -0.2) is 4.98 Å². The molecule has 15 heavy (non-hydrogen) atoms. The number of hydrogen-bond donors (Lipinski definition) is 0. The first kappa shape index (κ1) is 10.1. The monoisotopic (exact) mass is 201 g/mol. The summed E-state index contributed by atoms with van der Waals surface area (Å²) in [6.07, 6.45) is 3.84. The highest BCUT2D eigenvalue weighted by molar-refractivity contribution is 5.75. The highest BCUT2D eigenvalue weighted by atomic mass is 14.9. The Hall–Kier alpha value is -1.44. The minimum Gasteiger partial charge on any atom is -0.244 e. The second-order valence-electron chi connectivity index (χ2n) is 4.96. The van der Waals surface area contributed by atoms with Crippen LogP contribution in [0.5, 0.6) is 0 Å². The summed E-state index contributed by atoms with van der Waals surface area (Å²) in [6.45, 7) is 6.69. The second kappa shape index (κ2) is 3.30. The lowest BCUT2D eigenvalue weighted by Crippen LogP contribution is -2.31. The fourth-order valence-electron chi connectivity index (χ4n) is 1.90. The lowest BCUT2D eigenvalue weighted by atomic mass is 9.86. The van der Waals surface area contributed by atoms with Gasteiger partial charge in [-0.2, -0.15) is 4.57 Å². The molecule has 0 saturated heterocycles. The van der Waals surface area contributed by atoms with Crippen molar-refractivity contribution in [3.05, 3.63) is 36.2 Å². The van der Waals surface area contributed by atoms with Crippen molar-refractivity contribution < 1.29 is 4.57 Å². The summed E-state index contributed by atoms with van der Waals surface area (Å²) in [5.74, 6) is 0. The van der Waals surface area contributed by atoms with Crippen molar-refractivity contribution in [2.75, 3.05) is 0 Å². The molecule has 0 saturated carbocycles. The third-order valence-electron chi connectivity index (χ3n) is 2.68. The predicted molar refractivity (Wildman–Crippen MR) is 61.6 cm³/mol. The summed E-state index contributed by atoms with van der Waals surface area (Å²) in [6, 6.07) is 6.32. The van der Waals surface area contributed by atoms with Crippen LogP contribution in [0.4, 0.5) is 0 Å². The molecule has 1 aromatic heterocycles. The second-order valence-corrected chi connectivity index (χ2v) is 4.96. The molecule has 0 aliphatic rings. The van der Waals surface area contributed by atoms with E-state index >= 15 is 0 Å². The molecule has 1 heterocycles. The molecule has 0 spiro atoms. The third-order valence-corrected chi connectivity index (χ3v) is 2.68. The molecule has 0 N–H and O–H groups in total. The van der Waals surface area contributed by atoms with E-state index in [0.29, 0.717) is 0 Å². The number of para-hydroxylation sites is 1. The van der Waals surface area contributed by atoms with Crippen LogP contribution in [0.2, 0.25) is 0 Å². The molecule has 0 atom stereocenters. The van der Waals surface area contributed by atoms with E-state index < -0.39 is 0 Å². The van der Waals surface area contributed by atoms with E-state index in [1.807, 2.05) is 12.4 Å². The predicted octanol–water partition coefficient (Wildman–Crippen LogP) is 2.36. The van der Waals surface area contributed by atoms with Gasteiger partial charge in [-0.3, -0.25) is 0 Å². The largest absolute Gasteiger partial charge is 0.244 e. The molecule has 2 heteroatoms. The average molecular weight is 201 g/mol. The van der Waals surface area contributed by atoms with Gasteiger partial charge in [0.05, 0.1) is 6.20 Å². The lowest BCUT2D eigenvalue weighted by Gasteiger charge is -2.18. The van der Waals surface area contributed by atoms with E-state index in [0.717, 1.165) is 5.52 Å². The molecule has 2 nitrogen and oxygen atoms in total. The van der Waals surface area contributed by atoms with Gasteiger partial charge in [0.2, 0.25) is 5.52 Å². The topological polar surface area (TPSA) is 16.8 Å². The number of aryl methyl sites for hydroxylation is 1. The molecule has 2 rings (SSSR count). The molecule has 2 aromatic rings. The zero-order valence-electron chi connectivity index (χ0n) is 9.78. The normalized spacial score (nSPS) is 12.0. The van der Waals surface area contributed by atoms with E-state index in [-0.39, 0.29) is 5.41 Å². The Morgan fingerprint density at radius 2 is 1.93 bits per heavy atom. The Morgan fingerprint density at radius 1 is 1.20 bits per heavy atom. The molecular formula is C13H17N2+.